The van der Waals surface area contributed by atoms with E-state index in [1.165, 1.54) is 0 Å². The third-order valence-electron chi connectivity index (χ3n) is 2.98. The lowest BCUT2D eigenvalue weighted by atomic mass is 10.0. The predicted octanol–water partition coefficient (Wildman–Crippen LogP) is 2.97. The molecule has 80 valence electrons. The van der Waals surface area contributed by atoms with Crippen molar-refractivity contribution in [3.63, 3.8) is 0 Å². The number of hydrogen-bond acceptors (Lipinski definition) is 2. The zero-order chi connectivity index (χ0) is 10.9. The highest BCUT2D eigenvalue weighted by molar-refractivity contribution is 9.10. The Balaban J connectivity index is 2.06. The van der Waals surface area contributed by atoms with Gasteiger partial charge in [0.05, 0.1) is 0 Å². The van der Waals surface area contributed by atoms with Crippen LogP contribution in [0.3, 0.4) is 0 Å². The van der Waals surface area contributed by atoms with Crippen LogP contribution in [0, 0.1) is 5.41 Å². The third-order valence-corrected chi connectivity index (χ3v) is 3.47. The van der Waals surface area contributed by atoms with Gasteiger partial charge >= 0.3 is 0 Å². The van der Waals surface area contributed by atoms with Crippen LogP contribution in [0.1, 0.15) is 26.2 Å². The molecule has 1 heterocycles. The summed E-state index contributed by atoms with van der Waals surface area (Å²) in [6.45, 7) is 2.06. The molecule has 0 unspecified atom stereocenters. The first-order valence-corrected chi connectivity index (χ1v) is 5.89. The molecule has 0 atom stereocenters. The van der Waals surface area contributed by atoms with Gasteiger partial charge < -0.3 is 5.32 Å². The number of nitrogens with zero attached hydrogens (tertiary/aromatic N) is 1. The largest absolute Gasteiger partial charge is 0.310 e. The SMILES string of the molecule is CCC1(C(=O)Nc2cc(Br)ccn2)CC1. The molecule has 0 bridgehead atoms. The molecule has 4 heteroatoms. The summed E-state index contributed by atoms with van der Waals surface area (Å²) in [5.74, 6) is 0.727. The smallest absolute Gasteiger partial charge is 0.231 e. The van der Waals surface area contributed by atoms with Gasteiger partial charge in [-0.05, 0) is 31.4 Å². The third kappa shape index (κ3) is 2.20. The van der Waals surface area contributed by atoms with Gasteiger partial charge in [-0.25, -0.2) is 4.98 Å². The molecule has 1 saturated carbocycles. The number of carbonyl (C=O) groups excluding carboxylic acids is 1. The van der Waals surface area contributed by atoms with Crippen LogP contribution in [0.4, 0.5) is 5.82 Å². The fourth-order valence-corrected chi connectivity index (χ4v) is 1.95. The Hall–Kier alpha value is -0.900. The molecule has 1 N–H and O–H groups in total. The quantitative estimate of drug-likeness (QED) is 0.916. The van der Waals surface area contributed by atoms with Crippen molar-refractivity contribution in [3.05, 3.63) is 22.8 Å². The van der Waals surface area contributed by atoms with Gasteiger partial charge in [0.15, 0.2) is 0 Å². The van der Waals surface area contributed by atoms with Gasteiger partial charge in [0, 0.05) is 16.1 Å². The Bertz CT molecular complexity index is 388. The van der Waals surface area contributed by atoms with E-state index in [0.29, 0.717) is 5.82 Å². The second kappa shape index (κ2) is 3.93. The van der Waals surface area contributed by atoms with Crippen molar-refractivity contribution in [3.8, 4) is 0 Å². The molecule has 1 amide bonds. The van der Waals surface area contributed by atoms with Gasteiger partial charge in [-0.15, -0.1) is 0 Å². The Morgan fingerprint density at radius 3 is 2.93 bits per heavy atom. The lowest BCUT2D eigenvalue weighted by Gasteiger charge is -2.12. The minimum absolute atomic E-state index is 0.107. The standard InChI is InChI=1S/C11H13BrN2O/c1-2-11(4-5-11)10(15)14-9-7-8(12)3-6-13-9/h3,6-7H,2,4-5H2,1H3,(H,13,14,15). The molecular formula is C11H13BrN2O. The molecule has 1 aromatic rings. The molecule has 2 rings (SSSR count). The number of halogens is 1. The molecular weight excluding hydrogens is 256 g/mol. The molecule has 0 aromatic carbocycles. The summed E-state index contributed by atoms with van der Waals surface area (Å²) < 4.78 is 0.925. The maximum atomic E-state index is 11.9. The van der Waals surface area contributed by atoms with Crippen molar-refractivity contribution in [1.82, 2.24) is 4.98 Å². The van der Waals surface area contributed by atoms with Crippen molar-refractivity contribution in [1.29, 1.82) is 0 Å². The van der Waals surface area contributed by atoms with Crippen LogP contribution in [0.15, 0.2) is 22.8 Å². The molecule has 0 radical (unpaired) electrons. The van der Waals surface area contributed by atoms with E-state index >= 15 is 0 Å². The van der Waals surface area contributed by atoms with Crippen LogP contribution in [0.25, 0.3) is 0 Å². The van der Waals surface area contributed by atoms with Crippen LogP contribution in [0.2, 0.25) is 0 Å². The van der Waals surface area contributed by atoms with E-state index in [2.05, 4.69) is 33.2 Å². The second-order valence-electron chi connectivity index (χ2n) is 3.95. The van der Waals surface area contributed by atoms with E-state index < -0.39 is 0 Å². The number of hydrogen-bond donors (Lipinski definition) is 1. The van der Waals surface area contributed by atoms with Crippen molar-refractivity contribution in [2.24, 2.45) is 5.41 Å². The molecule has 1 aliphatic rings. The van der Waals surface area contributed by atoms with Crippen molar-refractivity contribution in [2.45, 2.75) is 26.2 Å². The highest BCUT2D eigenvalue weighted by atomic mass is 79.9. The van der Waals surface area contributed by atoms with Gasteiger partial charge in [-0.1, -0.05) is 22.9 Å². The monoisotopic (exact) mass is 268 g/mol. The molecule has 0 saturated heterocycles. The minimum Gasteiger partial charge on any atom is -0.310 e. The molecule has 3 nitrogen and oxygen atoms in total. The van der Waals surface area contributed by atoms with E-state index in [0.717, 1.165) is 23.7 Å². The minimum atomic E-state index is -0.107. The van der Waals surface area contributed by atoms with Gasteiger partial charge in [0.25, 0.3) is 0 Å². The van der Waals surface area contributed by atoms with Crippen LogP contribution in [-0.4, -0.2) is 10.9 Å². The summed E-state index contributed by atoms with van der Waals surface area (Å²) in [5, 5.41) is 2.86. The van der Waals surface area contributed by atoms with Crippen molar-refractivity contribution in [2.75, 3.05) is 5.32 Å². The normalized spacial score (nSPS) is 17.2. The van der Waals surface area contributed by atoms with E-state index in [4.69, 9.17) is 0 Å². The first-order chi connectivity index (χ1) is 7.16. The Kier molecular flexibility index (Phi) is 2.78. The Labute approximate surface area is 97.4 Å². The topological polar surface area (TPSA) is 42.0 Å². The number of pyridine rings is 1. The average molecular weight is 269 g/mol. The molecule has 0 spiro atoms. The van der Waals surface area contributed by atoms with E-state index in [1.54, 1.807) is 6.20 Å². The maximum Gasteiger partial charge on any atom is 0.231 e. The summed E-state index contributed by atoms with van der Waals surface area (Å²) >= 11 is 3.34. The molecule has 15 heavy (non-hydrogen) atoms. The van der Waals surface area contributed by atoms with Crippen molar-refractivity contribution < 1.29 is 4.79 Å². The molecule has 1 fully saturated rings. The Morgan fingerprint density at radius 2 is 2.40 bits per heavy atom. The molecule has 1 aliphatic carbocycles. The molecule has 1 aromatic heterocycles. The van der Waals surface area contributed by atoms with Gasteiger partial charge in [0.2, 0.25) is 5.91 Å². The molecule has 0 aliphatic heterocycles. The lowest BCUT2D eigenvalue weighted by Crippen LogP contribution is -2.23. The van der Waals surface area contributed by atoms with Gasteiger partial charge in [-0.2, -0.15) is 0 Å². The number of anilines is 1. The van der Waals surface area contributed by atoms with E-state index in [-0.39, 0.29) is 11.3 Å². The van der Waals surface area contributed by atoms with Gasteiger partial charge in [0.1, 0.15) is 5.82 Å². The fourth-order valence-electron chi connectivity index (χ4n) is 1.61. The summed E-state index contributed by atoms with van der Waals surface area (Å²) in [4.78, 5) is 16.0. The van der Waals surface area contributed by atoms with Crippen LogP contribution >= 0.6 is 15.9 Å². The fraction of sp³-hybridized carbons (Fsp3) is 0.455. The van der Waals surface area contributed by atoms with Crippen LogP contribution < -0.4 is 5.32 Å². The first-order valence-electron chi connectivity index (χ1n) is 5.09. The zero-order valence-corrected chi connectivity index (χ0v) is 10.2. The summed E-state index contributed by atoms with van der Waals surface area (Å²) in [6, 6.07) is 3.64. The van der Waals surface area contributed by atoms with Crippen molar-refractivity contribution >= 4 is 27.7 Å². The van der Waals surface area contributed by atoms with Crippen LogP contribution in [-0.2, 0) is 4.79 Å². The van der Waals surface area contributed by atoms with E-state index in [1.807, 2.05) is 12.1 Å². The highest BCUT2D eigenvalue weighted by Crippen LogP contribution is 2.49. The lowest BCUT2D eigenvalue weighted by molar-refractivity contribution is -0.121. The second-order valence-corrected chi connectivity index (χ2v) is 4.86. The highest BCUT2D eigenvalue weighted by Gasteiger charge is 2.47. The number of aromatic nitrogens is 1. The van der Waals surface area contributed by atoms with E-state index in [9.17, 15) is 4.79 Å². The van der Waals surface area contributed by atoms with Gasteiger partial charge in [-0.3, -0.25) is 4.79 Å². The predicted molar refractivity (Wildman–Crippen MR) is 62.5 cm³/mol. The maximum absolute atomic E-state index is 11.9. The number of carbonyl (C=O) groups is 1. The number of nitrogens with one attached hydrogen (secondary N) is 1. The average Bonchev–Trinajstić information content (AvgIpc) is 2.98. The zero-order valence-electron chi connectivity index (χ0n) is 8.59. The summed E-state index contributed by atoms with van der Waals surface area (Å²) in [7, 11) is 0. The Morgan fingerprint density at radius 1 is 1.67 bits per heavy atom. The number of rotatable bonds is 3. The summed E-state index contributed by atoms with van der Waals surface area (Å²) in [5.41, 5.74) is -0.107. The first kappa shape index (κ1) is 10.6. The summed E-state index contributed by atoms with van der Waals surface area (Å²) in [6.07, 6.45) is 4.59. The number of amides is 1. The van der Waals surface area contributed by atoms with Crippen LogP contribution in [0.5, 0.6) is 0 Å².